The maximum Gasteiger partial charge on any atom is 0.104 e. The molecule has 0 N–H and O–H groups in total. The first kappa shape index (κ1) is 30.2. The number of ether oxygens (including phenoxy) is 7. The van der Waals surface area contributed by atoms with Crippen LogP contribution in [0.25, 0.3) is 0 Å². The Labute approximate surface area is 212 Å². The number of unbranched alkanes of at least 4 members (excludes halogenated alkanes) is 1. The highest BCUT2D eigenvalue weighted by Crippen LogP contribution is 2.33. The molecule has 1 fully saturated rings. The second-order valence-electron chi connectivity index (χ2n) is 9.25. The average molecular weight is 497 g/mol. The van der Waals surface area contributed by atoms with Crippen LogP contribution in [-0.4, -0.2) is 85.4 Å². The van der Waals surface area contributed by atoms with Gasteiger partial charge in [-0.05, 0) is 29.4 Å². The molecule has 0 saturated carbocycles. The first-order chi connectivity index (χ1) is 17.2. The van der Waals surface area contributed by atoms with Crippen LogP contribution < -0.4 is 0 Å². The molecule has 1 aromatic rings. The molecule has 7 heteroatoms. The molecule has 1 aromatic carbocycles. The zero-order chi connectivity index (χ0) is 25.0. The Morgan fingerprint density at radius 3 is 1.86 bits per heavy atom. The predicted molar refractivity (Wildman–Crippen MR) is 137 cm³/mol. The molecule has 1 saturated heterocycles. The Kier molecular flexibility index (Phi) is 16.5. The van der Waals surface area contributed by atoms with Crippen molar-refractivity contribution in [3.05, 3.63) is 35.4 Å². The van der Waals surface area contributed by atoms with Gasteiger partial charge in [-0.2, -0.15) is 0 Å². The Hall–Kier alpha value is -1.06. The topological polar surface area (TPSA) is 64.6 Å². The van der Waals surface area contributed by atoms with Crippen molar-refractivity contribution < 1.29 is 33.2 Å². The minimum atomic E-state index is -0.159. The molecule has 7 nitrogen and oxygen atoms in total. The van der Waals surface area contributed by atoms with E-state index in [0.29, 0.717) is 85.9 Å². The molecule has 1 aliphatic rings. The Balaban J connectivity index is 1.77. The summed E-state index contributed by atoms with van der Waals surface area (Å²) in [5.41, 5.74) is 2.83. The van der Waals surface area contributed by atoms with Crippen molar-refractivity contribution in [1.82, 2.24) is 0 Å². The van der Waals surface area contributed by atoms with Crippen LogP contribution in [0.15, 0.2) is 24.3 Å². The predicted octanol–water partition coefficient (Wildman–Crippen LogP) is 4.54. The van der Waals surface area contributed by atoms with Crippen molar-refractivity contribution >= 4 is 0 Å². The summed E-state index contributed by atoms with van der Waals surface area (Å²) in [6, 6.07) is 8.90. The SMILES string of the molecule is CCCCC(C)(CC)c1ccc(COCC2COCCOCCOCCOCCOCCO2)cc1. The van der Waals surface area contributed by atoms with E-state index in [1.807, 2.05) is 0 Å². The lowest BCUT2D eigenvalue weighted by molar-refractivity contribution is -0.0865. The quantitative estimate of drug-likeness (QED) is 0.497. The van der Waals surface area contributed by atoms with Crippen LogP contribution in [0.3, 0.4) is 0 Å². The molecule has 2 atom stereocenters. The summed E-state index contributed by atoms with van der Waals surface area (Å²) in [4.78, 5) is 0. The van der Waals surface area contributed by atoms with E-state index in [1.54, 1.807) is 0 Å². The standard InChI is InChI=1S/C28H48O7/c1-4-6-11-28(3,5-2)26-9-7-25(8-10-26)22-34-24-27-23-33-19-18-31-15-14-29-12-13-30-16-17-32-20-21-35-27/h7-10,27H,4-6,11-24H2,1-3H3. The van der Waals surface area contributed by atoms with Crippen molar-refractivity contribution in [1.29, 1.82) is 0 Å². The van der Waals surface area contributed by atoms with E-state index in [2.05, 4.69) is 45.0 Å². The Morgan fingerprint density at radius 1 is 0.771 bits per heavy atom. The largest absolute Gasteiger partial charge is 0.377 e. The number of benzene rings is 1. The normalized spacial score (nSPS) is 22.1. The molecule has 0 bridgehead atoms. The second kappa shape index (κ2) is 19.1. The van der Waals surface area contributed by atoms with Gasteiger partial charge >= 0.3 is 0 Å². The van der Waals surface area contributed by atoms with Gasteiger partial charge in [-0.15, -0.1) is 0 Å². The van der Waals surface area contributed by atoms with Crippen LogP contribution >= 0.6 is 0 Å². The second-order valence-corrected chi connectivity index (χ2v) is 9.25. The van der Waals surface area contributed by atoms with Gasteiger partial charge in [-0.3, -0.25) is 0 Å². The summed E-state index contributed by atoms with van der Waals surface area (Å²) in [6.45, 7) is 13.7. The lowest BCUT2D eigenvalue weighted by Gasteiger charge is -2.29. The van der Waals surface area contributed by atoms with E-state index < -0.39 is 0 Å². The maximum atomic E-state index is 6.00. The third-order valence-corrected chi connectivity index (χ3v) is 6.46. The van der Waals surface area contributed by atoms with Crippen molar-refractivity contribution in [3.8, 4) is 0 Å². The third-order valence-electron chi connectivity index (χ3n) is 6.46. The molecule has 35 heavy (non-hydrogen) atoms. The summed E-state index contributed by atoms with van der Waals surface area (Å²) in [7, 11) is 0. The van der Waals surface area contributed by atoms with Gasteiger partial charge in [0.25, 0.3) is 0 Å². The highest BCUT2D eigenvalue weighted by Gasteiger charge is 2.23. The molecule has 1 heterocycles. The fourth-order valence-corrected chi connectivity index (χ4v) is 3.92. The van der Waals surface area contributed by atoms with E-state index in [4.69, 9.17) is 33.2 Å². The molecule has 2 rings (SSSR count). The van der Waals surface area contributed by atoms with Gasteiger partial charge in [-0.25, -0.2) is 0 Å². The fourth-order valence-electron chi connectivity index (χ4n) is 3.92. The summed E-state index contributed by atoms with van der Waals surface area (Å²) in [5.74, 6) is 0. The Morgan fingerprint density at radius 2 is 1.31 bits per heavy atom. The zero-order valence-corrected chi connectivity index (χ0v) is 22.3. The maximum absolute atomic E-state index is 6.00. The molecule has 0 spiro atoms. The van der Waals surface area contributed by atoms with Gasteiger partial charge in [0, 0.05) is 0 Å². The highest BCUT2D eigenvalue weighted by atomic mass is 16.6. The molecule has 202 valence electrons. The van der Waals surface area contributed by atoms with E-state index >= 15 is 0 Å². The minimum absolute atomic E-state index is 0.159. The summed E-state index contributed by atoms with van der Waals surface area (Å²) in [5, 5.41) is 0. The van der Waals surface area contributed by atoms with Crippen molar-refractivity contribution in [2.24, 2.45) is 0 Å². The molecule has 2 unspecified atom stereocenters. The third kappa shape index (κ3) is 13.2. The number of hydrogen-bond acceptors (Lipinski definition) is 7. The van der Waals surface area contributed by atoms with Crippen LogP contribution in [0, 0.1) is 0 Å². The van der Waals surface area contributed by atoms with E-state index in [-0.39, 0.29) is 11.5 Å². The molecule has 1 aliphatic heterocycles. The molecule has 0 radical (unpaired) electrons. The zero-order valence-electron chi connectivity index (χ0n) is 22.3. The minimum Gasteiger partial charge on any atom is -0.377 e. The molecular weight excluding hydrogens is 448 g/mol. The van der Waals surface area contributed by atoms with E-state index in [0.717, 1.165) is 6.42 Å². The van der Waals surface area contributed by atoms with Crippen molar-refractivity contribution in [2.75, 3.05) is 79.3 Å². The first-order valence-corrected chi connectivity index (χ1v) is 13.4. The molecule has 0 aliphatic carbocycles. The van der Waals surface area contributed by atoms with Crippen LogP contribution in [0.5, 0.6) is 0 Å². The van der Waals surface area contributed by atoms with E-state index in [1.165, 1.54) is 30.4 Å². The molecule has 0 aromatic heterocycles. The van der Waals surface area contributed by atoms with Crippen LogP contribution in [0.4, 0.5) is 0 Å². The number of rotatable bonds is 9. The van der Waals surface area contributed by atoms with Crippen molar-refractivity contribution in [3.63, 3.8) is 0 Å². The Bertz CT molecular complexity index is 606. The average Bonchev–Trinajstić information content (AvgIpc) is 2.88. The van der Waals surface area contributed by atoms with Crippen LogP contribution in [0.1, 0.15) is 57.6 Å². The van der Waals surface area contributed by atoms with Gasteiger partial charge in [0.15, 0.2) is 0 Å². The summed E-state index contributed by atoms with van der Waals surface area (Å²) >= 11 is 0. The molecule has 0 amide bonds. The highest BCUT2D eigenvalue weighted by molar-refractivity contribution is 5.28. The van der Waals surface area contributed by atoms with Crippen molar-refractivity contribution in [2.45, 2.75) is 64.6 Å². The van der Waals surface area contributed by atoms with E-state index in [9.17, 15) is 0 Å². The smallest absolute Gasteiger partial charge is 0.104 e. The van der Waals surface area contributed by atoms with Crippen LogP contribution in [0.2, 0.25) is 0 Å². The van der Waals surface area contributed by atoms with Crippen LogP contribution in [-0.2, 0) is 45.2 Å². The number of hydrogen-bond donors (Lipinski definition) is 0. The van der Waals surface area contributed by atoms with Gasteiger partial charge in [0.1, 0.15) is 6.10 Å². The summed E-state index contributed by atoms with van der Waals surface area (Å²) < 4.78 is 39.8. The summed E-state index contributed by atoms with van der Waals surface area (Å²) in [6.07, 6.45) is 4.71. The van der Waals surface area contributed by atoms with Gasteiger partial charge < -0.3 is 33.2 Å². The lowest BCUT2D eigenvalue weighted by Crippen LogP contribution is -2.28. The van der Waals surface area contributed by atoms with Gasteiger partial charge in [0.2, 0.25) is 0 Å². The first-order valence-electron chi connectivity index (χ1n) is 13.4. The lowest BCUT2D eigenvalue weighted by atomic mass is 9.76. The monoisotopic (exact) mass is 496 g/mol. The molecular formula is C28H48O7. The van der Waals surface area contributed by atoms with Gasteiger partial charge in [0.05, 0.1) is 85.9 Å². The van der Waals surface area contributed by atoms with Gasteiger partial charge in [-0.1, -0.05) is 57.9 Å². The fraction of sp³-hybridized carbons (Fsp3) is 0.786.